The van der Waals surface area contributed by atoms with Crippen LogP contribution in [0.25, 0.3) is 0 Å². The molecule has 1 rings (SSSR count). The van der Waals surface area contributed by atoms with Gasteiger partial charge in [0.2, 0.25) is 5.75 Å². The Morgan fingerprint density at radius 3 is 1.84 bits per heavy atom. The van der Waals surface area contributed by atoms with Gasteiger partial charge in [-0.3, -0.25) is 0 Å². The van der Waals surface area contributed by atoms with E-state index in [9.17, 15) is 0 Å². The Balaban J connectivity index is 2.90. The largest absolute Gasteiger partial charge is 0.493 e. The monoisotopic (exact) mass is 272 g/mol. The highest BCUT2D eigenvalue weighted by Gasteiger charge is 2.14. The quantitative estimate of drug-likeness (QED) is 0.721. The fraction of sp³-hybridized carbons (Fsp3) is 0.538. The number of hydrogen-bond donors (Lipinski definition) is 2. The van der Waals surface area contributed by atoms with Gasteiger partial charge in [0.15, 0.2) is 11.5 Å². The number of benzene rings is 1. The van der Waals surface area contributed by atoms with Crippen molar-refractivity contribution in [3.63, 3.8) is 0 Å². The zero-order valence-electron chi connectivity index (χ0n) is 11.4. The van der Waals surface area contributed by atoms with Gasteiger partial charge in [-0.25, -0.2) is 0 Å². The fourth-order valence-corrected chi connectivity index (χ4v) is 1.60. The number of methoxy groups -OCH3 is 3. The highest BCUT2D eigenvalue weighted by molar-refractivity contribution is 5.53. The van der Waals surface area contributed by atoms with Crippen molar-refractivity contribution in [2.45, 2.75) is 12.7 Å². The molecule has 0 amide bonds. The molecule has 0 saturated carbocycles. The average Bonchev–Trinajstić information content (AvgIpc) is 2.46. The van der Waals surface area contributed by atoms with Crippen molar-refractivity contribution in [2.75, 3.05) is 34.5 Å². The lowest BCUT2D eigenvalue weighted by Crippen LogP contribution is -2.21. The van der Waals surface area contributed by atoms with Crippen LogP contribution in [0.15, 0.2) is 12.1 Å². The van der Waals surface area contributed by atoms with Crippen LogP contribution in [0.3, 0.4) is 0 Å². The SMILES string of the molecule is COc1cc(COC(CO)CO)cc(OC)c1OC. The van der Waals surface area contributed by atoms with E-state index in [4.69, 9.17) is 29.2 Å². The molecule has 0 atom stereocenters. The summed E-state index contributed by atoms with van der Waals surface area (Å²) in [6.07, 6.45) is -0.598. The first kappa shape index (κ1) is 15.6. The van der Waals surface area contributed by atoms with Crippen LogP contribution in [0.5, 0.6) is 17.2 Å². The second-order valence-electron chi connectivity index (χ2n) is 3.83. The number of rotatable bonds is 8. The Hall–Kier alpha value is -1.50. The maximum absolute atomic E-state index is 8.93. The van der Waals surface area contributed by atoms with E-state index in [0.29, 0.717) is 17.2 Å². The predicted octanol–water partition coefficient (Wildman–Crippen LogP) is 0.582. The van der Waals surface area contributed by atoms with Gasteiger partial charge in [0.05, 0.1) is 41.2 Å². The fourth-order valence-electron chi connectivity index (χ4n) is 1.60. The maximum Gasteiger partial charge on any atom is 0.203 e. The summed E-state index contributed by atoms with van der Waals surface area (Å²) in [7, 11) is 4.60. The van der Waals surface area contributed by atoms with E-state index in [2.05, 4.69) is 0 Å². The van der Waals surface area contributed by atoms with Crippen LogP contribution in [0.4, 0.5) is 0 Å². The Morgan fingerprint density at radius 2 is 1.47 bits per heavy atom. The molecule has 0 aliphatic rings. The molecule has 19 heavy (non-hydrogen) atoms. The van der Waals surface area contributed by atoms with Gasteiger partial charge in [0.1, 0.15) is 6.10 Å². The van der Waals surface area contributed by atoms with Gasteiger partial charge < -0.3 is 29.2 Å². The standard InChI is InChI=1S/C13H20O6/c1-16-11-4-9(8-19-10(6-14)7-15)5-12(17-2)13(11)18-3/h4-5,10,14-15H,6-8H2,1-3H3. The summed E-state index contributed by atoms with van der Waals surface area (Å²) in [5, 5.41) is 17.9. The Labute approximate surface area is 112 Å². The number of hydrogen-bond acceptors (Lipinski definition) is 6. The smallest absolute Gasteiger partial charge is 0.203 e. The van der Waals surface area contributed by atoms with Gasteiger partial charge in [-0.1, -0.05) is 0 Å². The average molecular weight is 272 g/mol. The topological polar surface area (TPSA) is 77.4 Å². The first-order valence-electron chi connectivity index (χ1n) is 5.82. The first-order valence-corrected chi connectivity index (χ1v) is 5.82. The van der Waals surface area contributed by atoms with Crippen LogP contribution in [0.1, 0.15) is 5.56 Å². The van der Waals surface area contributed by atoms with Crippen molar-refractivity contribution in [3.05, 3.63) is 17.7 Å². The minimum atomic E-state index is -0.598. The molecular formula is C13H20O6. The van der Waals surface area contributed by atoms with Crippen molar-refractivity contribution in [1.82, 2.24) is 0 Å². The predicted molar refractivity (Wildman–Crippen MR) is 68.8 cm³/mol. The zero-order valence-corrected chi connectivity index (χ0v) is 11.4. The van der Waals surface area contributed by atoms with Crippen LogP contribution in [-0.2, 0) is 11.3 Å². The van der Waals surface area contributed by atoms with Crippen LogP contribution < -0.4 is 14.2 Å². The van der Waals surface area contributed by atoms with E-state index in [1.807, 2.05) is 0 Å². The molecule has 0 heterocycles. The molecule has 0 saturated heterocycles. The Morgan fingerprint density at radius 1 is 0.947 bits per heavy atom. The molecule has 0 radical (unpaired) electrons. The molecule has 0 bridgehead atoms. The van der Waals surface area contributed by atoms with Gasteiger partial charge in [0.25, 0.3) is 0 Å². The summed E-state index contributed by atoms with van der Waals surface area (Å²) in [6, 6.07) is 3.51. The van der Waals surface area contributed by atoms with Crippen molar-refractivity contribution < 1.29 is 29.2 Å². The summed E-state index contributed by atoms with van der Waals surface area (Å²) in [4.78, 5) is 0. The van der Waals surface area contributed by atoms with Crippen LogP contribution in [-0.4, -0.2) is 50.9 Å². The van der Waals surface area contributed by atoms with Crippen molar-refractivity contribution in [2.24, 2.45) is 0 Å². The summed E-state index contributed by atoms with van der Waals surface area (Å²) < 4.78 is 21.0. The first-order chi connectivity index (χ1) is 9.19. The number of aliphatic hydroxyl groups excluding tert-OH is 2. The second-order valence-corrected chi connectivity index (χ2v) is 3.83. The van der Waals surface area contributed by atoms with E-state index in [-0.39, 0.29) is 19.8 Å². The molecular weight excluding hydrogens is 252 g/mol. The number of aliphatic hydroxyl groups is 2. The van der Waals surface area contributed by atoms with Crippen LogP contribution in [0, 0.1) is 0 Å². The Kier molecular flexibility index (Phi) is 6.41. The third-order valence-electron chi connectivity index (χ3n) is 2.62. The van der Waals surface area contributed by atoms with Gasteiger partial charge >= 0.3 is 0 Å². The van der Waals surface area contributed by atoms with Gasteiger partial charge in [-0.2, -0.15) is 0 Å². The molecule has 0 fully saturated rings. The van der Waals surface area contributed by atoms with Crippen LogP contribution >= 0.6 is 0 Å². The van der Waals surface area contributed by atoms with E-state index in [1.165, 1.54) is 21.3 Å². The summed E-state index contributed by atoms with van der Waals surface area (Å²) in [6.45, 7) is -0.246. The summed E-state index contributed by atoms with van der Waals surface area (Å²) in [5.74, 6) is 1.57. The van der Waals surface area contributed by atoms with E-state index in [0.717, 1.165) is 5.56 Å². The van der Waals surface area contributed by atoms with Gasteiger partial charge in [0, 0.05) is 0 Å². The molecule has 0 aliphatic heterocycles. The molecule has 0 unspecified atom stereocenters. The van der Waals surface area contributed by atoms with E-state index in [1.54, 1.807) is 12.1 Å². The molecule has 1 aromatic carbocycles. The molecule has 108 valence electrons. The van der Waals surface area contributed by atoms with Gasteiger partial charge in [-0.15, -0.1) is 0 Å². The minimum absolute atomic E-state index is 0.225. The molecule has 1 aromatic rings. The normalized spacial score (nSPS) is 10.6. The third-order valence-corrected chi connectivity index (χ3v) is 2.62. The number of ether oxygens (including phenoxy) is 4. The summed E-state index contributed by atoms with van der Waals surface area (Å²) >= 11 is 0. The lowest BCUT2D eigenvalue weighted by Gasteiger charge is -2.16. The molecule has 2 N–H and O–H groups in total. The zero-order chi connectivity index (χ0) is 14.3. The second kappa shape index (κ2) is 7.83. The van der Waals surface area contributed by atoms with Crippen molar-refractivity contribution in [3.8, 4) is 17.2 Å². The van der Waals surface area contributed by atoms with E-state index < -0.39 is 6.10 Å². The maximum atomic E-state index is 8.93. The highest BCUT2D eigenvalue weighted by Crippen LogP contribution is 2.38. The highest BCUT2D eigenvalue weighted by atomic mass is 16.5. The summed E-state index contributed by atoms with van der Waals surface area (Å²) in [5.41, 5.74) is 0.793. The molecule has 6 heteroatoms. The molecule has 0 spiro atoms. The van der Waals surface area contributed by atoms with Gasteiger partial charge in [-0.05, 0) is 17.7 Å². The van der Waals surface area contributed by atoms with Crippen LogP contribution in [0.2, 0.25) is 0 Å². The minimum Gasteiger partial charge on any atom is -0.493 e. The van der Waals surface area contributed by atoms with Crippen molar-refractivity contribution >= 4 is 0 Å². The molecule has 6 nitrogen and oxygen atoms in total. The van der Waals surface area contributed by atoms with E-state index >= 15 is 0 Å². The Bertz CT molecular complexity index is 364. The molecule has 0 aliphatic carbocycles. The lowest BCUT2D eigenvalue weighted by atomic mass is 10.2. The molecule has 0 aromatic heterocycles. The third kappa shape index (κ3) is 3.99. The lowest BCUT2D eigenvalue weighted by molar-refractivity contribution is -0.0285. The van der Waals surface area contributed by atoms with Crippen molar-refractivity contribution in [1.29, 1.82) is 0 Å².